The van der Waals surface area contributed by atoms with E-state index in [0.29, 0.717) is 12.8 Å². The number of esters is 2. The minimum atomic E-state index is -5.12. The monoisotopic (exact) mass is 947 g/mol. The Bertz CT molecular complexity index is 1230. The smallest absolute Gasteiger partial charge is 0.462 e. The summed E-state index contributed by atoms with van der Waals surface area (Å²) < 4.78 is 33.7. The van der Waals surface area contributed by atoms with Gasteiger partial charge in [0.15, 0.2) is 6.10 Å². The van der Waals surface area contributed by atoms with Gasteiger partial charge in [-0.1, -0.05) is 179 Å². The molecule has 1 saturated carbocycles. The minimum absolute atomic E-state index is 0.0959. The van der Waals surface area contributed by atoms with E-state index in [2.05, 4.69) is 38.2 Å². The van der Waals surface area contributed by atoms with Crippen molar-refractivity contribution in [2.24, 2.45) is 0 Å². The molecular weight excluding hydrogens is 852 g/mol. The third kappa shape index (κ3) is 33.5. The van der Waals surface area contributed by atoms with Crippen LogP contribution in [0.25, 0.3) is 0 Å². The van der Waals surface area contributed by atoms with Gasteiger partial charge in [-0.3, -0.25) is 18.6 Å². The van der Waals surface area contributed by atoms with Crippen LogP contribution in [0, 0.1) is 0 Å². The summed E-state index contributed by atoms with van der Waals surface area (Å²) in [6.45, 7) is 3.32. The molecule has 0 aromatic heterocycles. The summed E-state index contributed by atoms with van der Waals surface area (Å²) in [4.78, 5) is 35.8. The van der Waals surface area contributed by atoms with Gasteiger partial charge in [-0.15, -0.1) is 0 Å². The zero-order valence-corrected chi connectivity index (χ0v) is 41.7. The Hall–Kier alpha value is -1.67. The van der Waals surface area contributed by atoms with E-state index in [1.807, 2.05) is 0 Å². The lowest BCUT2D eigenvalue weighted by molar-refractivity contribution is -0.220. The molecule has 0 saturated heterocycles. The maximum atomic E-state index is 12.9. The molecular formula is C51H95O13P. The molecule has 0 amide bonds. The quantitative estimate of drug-likeness (QED) is 0.0146. The van der Waals surface area contributed by atoms with Crippen LogP contribution in [0.3, 0.4) is 0 Å². The van der Waals surface area contributed by atoms with Crippen LogP contribution in [-0.4, -0.2) is 98.3 Å². The third-order valence-electron chi connectivity index (χ3n) is 12.3. The van der Waals surface area contributed by atoms with Gasteiger partial charge in [0, 0.05) is 12.8 Å². The summed E-state index contributed by atoms with van der Waals surface area (Å²) >= 11 is 0. The predicted octanol–water partition coefficient (Wildman–Crippen LogP) is 11.2. The number of hydrogen-bond acceptors (Lipinski definition) is 12. The second-order valence-electron chi connectivity index (χ2n) is 18.4. The summed E-state index contributed by atoms with van der Waals surface area (Å²) in [5.41, 5.74) is 0. The van der Waals surface area contributed by atoms with E-state index in [1.54, 1.807) is 0 Å². The fourth-order valence-corrected chi connectivity index (χ4v) is 9.02. The van der Waals surface area contributed by atoms with E-state index in [-0.39, 0.29) is 12.8 Å². The van der Waals surface area contributed by atoms with Crippen molar-refractivity contribution in [3.8, 4) is 0 Å². The molecule has 65 heavy (non-hydrogen) atoms. The summed E-state index contributed by atoms with van der Waals surface area (Å²) in [5, 5.41) is 50.3. The largest absolute Gasteiger partial charge is 0.472 e. The molecule has 0 aliphatic heterocycles. The van der Waals surface area contributed by atoms with Gasteiger partial charge in [0.2, 0.25) is 0 Å². The maximum Gasteiger partial charge on any atom is 0.472 e. The number of phosphoric acid groups is 1. The third-order valence-corrected chi connectivity index (χ3v) is 13.3. The van der Waals surface area contributed by atoms with Gasteiger partial charge in [-0.2, -0.15) is 0 Å². The van der Waals surface area contributed by atoms with E-state index >= 15 is 0 Å². The fourth-order valence-electron chi connectivity index (χ4n) is 8.04. The molecule has 1 fully saturated rings. The molecule has 0 bridgehead atoms. The molecule has 8 atom stereocenters. The van der Waals surface area contributed by atoms with Crippen LogP contribution < -0.4 is 0 Å². The predicted molar refractivity (Wildman–Crippen MR) is 258 cm³/mol. The number of phosphoric ester groups is 1. The van der Waals surface area contributed by atoms with Gasteiger partial charge >= 0.3 is 19.8 Å². The highest BCUT2D eigenvalue weighted by Gasteiger charge is 2.51. The second kappa shape index (κ2) is 41.3. The average molecular weight is 947 g/mol. The Kier molecular flexibility index (Phi) is 39.0. The Labute approximate surface area is 394 Å². The number of carbonyl (C=O) groups excluding carboxylic acids is 2. The van der Waals surface area contributed by atoms with Gasteiger partial charge in [0.25, 0.3) is 0 Å². The van der Waals surface area contributed by atoms with Crippen molar-refractivity contribution in [3.63, 3.8) is 0 Å². The lowest BCUT2D eigenvalue weighted by Gasteiger charge is -2.41. The first-order chi connectivity index (χ1) is 31.4. The second-order valence-corrected chi connectivity index (χ2v) is 19.8. The van der Waals surface area contributed by atoms with Crippen molar-refractivity contribution < 1.29 is 63.1 Å². The fraction of sp³-hybridized carbons (Fsp3) is 0.882. The highest BCUT2D eigenvalue weighted by Crippen LogP contribution is 2.47. The molecule has 1 rings (SSSR count). The highest BCUT2D eigenvalue weighted by molar-refractivity contribution is 7.47. The molecule has 0 aromatic carbocycles. The molecule has 13 nitrogen and oxygen atoms in total. The number of carbonyl (C=O) groups is 2. The molecule has 382 valence electrons. The zero-order chi connectivity index (χ0) is 47.8. The van der Waals surface area contributed by atoms with E-state index in [1.165, 1.54) is 128 Å². The van der Waals surface area contributed by atoms with Gasteiger partial charge in [-0.25, -0.2) is 4.57 Å². The number of allylic oxidation sites excluding steroid dienone is 4. The number of hydrogen-bond donors (Lipinski definition) is 6. The molecule has 14 heteroatoms. The Balaban J connectivity index is 2.39. The van der Waals surface area contributed by atoms with Crippen LogP contribution in [-0.2, 0) is 32.7 Å². The summed E-state index contributed by atoms with van der Waals surface area (Å²) in [6.07, 6.45) is 33.6. The molecule has 1 aliphatic carbocycles. The van der Waals surface area contributed by atoms with Crippen molar-refractivity contribution in [1.82, 2.24) is 0 Å². The van der Waals surface area contributed by atoms with Crippen molar-refractivity contribution in [3.05, 3.63) is 24.3 Å². The summed E-state index contributed by atoms with van der Waals surface area (Å²) in [5.74, 6) is -1.10. The number of unbranched alkanes of at least 4 members (excludes halogenated alkanes) is 28. The SMILES string of the molecule is CCCCCCCC/C=C/CCCCCCCCCCCC(=O)O[C@H](COC(=O)CCCCCCCCC/C=C/CCCCCCCC)COP(=O)(O)OC1C(O)C(O)C(O)[C@@H](O)C1O. The normalized spacial score (nSPS) is 21.5. The molecule has 0 radical (unpaired) electrons. The highest BCUT2D eigenvalue weighted by atomic mass is 31.2. The molecule has 0 spiro atoms. The lowest BCUT2D eigenvalue weighted by atomic mass is 9.85. The van der Waals surface area contributed by atoms with Crippen LogP contribution >= 0.6 is 7.82 Å². The maximum absolute atomic E-state index is 12.9. The molecule has 0 aromatic rings. The van der Waals surface area contributed by atoms with Crippen LogP contribution in [0.15, 0.2) is 24.3 Å². The van der Waals surface area contributed by atoms with Gasteiger partial charge in [-0.05, 0) is 64.2 Å². The zero-order valence-electron chi connectivity index (χ0n) is 40.8. The average Bonchev–Trinajstić information content (AvgIpc) is 3.29. The molecule has 6 N–H and O–H groups in total. The van der Waals surface area contributed by atoms with E-state index in [9.17, 15) is 44.6 Å². The van der Waals surface area contributed by atoms with Crippen LogP contribution in [0.4, 0.5) is 0 Å². The molecule has 1 aliphatic rings. The van der Waals surface area contributed by atoms with Crippen molar-refractivity contribution in [2.45, 2.75) is 275 Å². The van der Waals surface area contributed by atoms with Gasteiger partial charge in [0.05, 0.1) is 6.61 Å². The topological polar surface area (TPSA) is 210 Å². The molecule has 6 unspecified atom stereocenters. The Morgan fingerprint density at radius 2 is 0.785 bits per heavy atom. The summed E-state index contributed by atoms with van der Waals surface area (Å²) in [7, 11) is -5.12. The number of rotatable bonds is 44. The Morgan fingerprint density at radius 3 is 1.17 bits per heavy atom. The first kappa shape index (κ1) is 61.3. The number of aliphatic hydroxyl groups is 5. The number of aliphatic hydroxyl groups excluding tert-OH is 5. The van der Waals surface area contributed by atoms with Crippen LogP contribution in [0.1, 0.15) is 232 Å². The van der Waals surface area contributed by atoms with Gasteiger partial charge < -0.3 is 39.9 Å². The number of ether oxygens (including phenoxy) is 2. The lowest BCUT2D eigenvalue weighted by Crippen LogP contribution is -2.64. The van der Waals surface area contributed by atoms with Crippen molar-refractivity contribution >= 4 is 19.8 Å². The van der Waals surface area contributed by atoms with Crippen LogP contribution in [0.5, 0.6) is 0 Å². The van der Waals surface area contributed by atoms with Crippen LogP contribution in [0.2, 0.25) is 0 Å². The van der Waals surface area contributed by atoms with Crippen molar-refractivity contribution in [1.29, 1.82) is 0 Å². The minimum Gasteiger partial charge on any atom is -0.462 e. The van der Waals surface area contributed by atoms with E-state index in [4.69, 9.17) is 18.5 Å². The van der Waals surface area contributed by atoms with Gasteiger partial charge in [0.1, 0.15) is 43.2 Å². The Morgan fingerprint density at radius 1 is 0.462 bits per heavy atom. The van der Waals surface area contributed by atoms with E-state index in [0.717, 1.165) is 64.2 Å². The summed E-state index contributed by atoms with van der Waals surface area (Å²) in [6, 6.07) is 0. The first-order valence-corrected chi connectivity index (χ1v) is 27.6. The first-order valence-electron chi connectivity index (χ1n) is 26.1. The molecule has 0 heterocycles. The van der Waals surface area contributed by atoms with E-state index < -0.39 is 75.7 Å². The standard InChI is InChI=1S/C51H95O13P/c1-3-5-7-9-11-13-15-17-19-21-22-24-26-28-30-32-34-36-38-40-45(53)63-43(42-62-65(59,60)64-51-49(57)47(55)46(54)48(56)50(51)58)41-61-44(52)39-37-35-33-31-29-27-25-23-20-18-16-14-12-10-8-6-4-2/h17-20,43,46-51,54-58H,3-16,21-42H2,1-2H3,(H,59,60)/b19-17+,20-18+/t43-,46?,47-,48?,49?,50?,51?/m1/s1. The van der Waals surface area contributed by atoms with Crippen molar-refractivity contribution in [2.75, 3.05) is 13.2 Å².